The van der Waals surface area contributed by atoms with Gasteiger partial charge in [-0.05, 0) is 51.0 Å². The molecule has 1 aliphatic carbocycles. The largest absolute Gasteiger partial charge is 0.462 e. The number of ether oxygens (including phenoxy) is 2. The fourth-order valence-corrected chi connectivity index (χ4v) is 2.46. The van der Waals surface area contributed by atoms with Gasteiger partial charge in [0.1, 0.15) is 5.82 Å². The van der Waals surface area contributed by atoms with Gasteiger partial charge in [-0.25, -0.2) is 14.0 Å². The van der Waals surface area contributed by atoms with E-state index in [1.54, 1.807) is 18.7 Å². The first-order valence-electron chi connectivity index (χ1n) is 7.78. The summed E-state index contributed by atoms with van der Waals surface area (Å²) < 4.78 is 23.2. The molecule has 0 atom stereocenters. The summed E-state index contributed by atoms with van der Waals surface area (Å²) in [6, 6.07) is 5.63. The number of nitrogens with zero attached hydrogens (tertiary/aromatic N) is 1. The molecule has 0 spiro atoms. The Labute approximate surface area is 145 Å². The zero-order valence-corrected chi connectivity index (χ0v) is 14.3. The van der Waals surface area contributed by atoms with Crippen molar-refractivity contribution >= 4 is 29.2 Å². The normalized spacial score (nSPS) is 14.7. The van der Waals surface area contributed by atoms with Crippen molar-refractivity contribution in [1.29, 1.82) is 0 Å². The molecule has 24 heavy (non-hydrogen) atoms. The van der Waals surface area contributed by atoms with Gasteiger partial charge in [0, 0.05) is 11.7 Å². The smallest absolute Gasteiger partial charge is 0.356 e. The van der Waals surface area contributed by atoms with Crippen molar-refractivity contribution in [2.75, 3.05) is 18.1 Å². The van der Waals surface area contributed by atoms with Gasteiger partial charge in [0.05, 0.1) is 13.2 Å². The molecule has 0 radical (unpaired) electrons. The quantitative estimate of drug-likeness (QED) is 0.554. The fourth-order valence-electron chi connectivity index (χ4n) is 2.24. The van der Waals surface area contributed by atoms with Crippen LogP contribution in [0.1, 0.15) is 26.7 Å². The lowest BCUT2D eigenvalue weighted by Gasteiger charge is -2.27. The van der Waals surface area contributed by atoms with E-state index in [2.05, 4.69) is 0 Å². The number of rotatable bonds is 7. The first-order valence-corrected chi connectivity index (χ1v) is 8.16. The SMILES string of the molecule is CCOC(=O)C(Cl)=C(C(=O)OCC)N(c1ccc(F)cc1)C1CC1. The molecule has 0 saturated heterocycles. The van der Waals surface area contributed by atoms with E-state index < -0.39 is 17.8 Å². The molecule has 7 heteroatoms. The highest BCUT2D eigenvalue weighted by Gasteiger charge is 2.38. The molecule has 0 N–H and O–H groups in total. The maximum Gasteiger partial charge on any atom is 0.356 e. The maximum atomic E-state index is 13.2. The monoisotopic (exact) mass is 355 g/mol. The van der Waals surface area contributed by atoms with Crippen molar-refractivity contribution in [1.82, 2.24) is 0 Å². The van der Waals surface area contributed by atoms with Crippen LogP contribution in [-0.2, 0) is 19.1 Å². The predicted molar refractivity (Wildman–Crippen MR) is 88.0 cm³/mol. The molecule has 0 unspecified atom stereocenters. The number of hydrogen-bond donors (Lipinski definition) is 0. The Balaban J connectivity index is 2.49. The maximum absolute atomic E-state index is 13.2. The first kappa shape index (κ1) is 18.3. The van der Waals surface area contributed by atoms with Crippen LogP contribution in [0, 0.1) is 5.82 Å². The number of halogens is 2. The van der Waals surface area contributed by atoms with Crippen molar-refractivity contribution in [2.24, 2.45) is 0 Å². The van der Waals surface area contributed by atoms with Crippen molar-refractivity contribution in [3.05, 3.63) is 40.8 Å². The standard InChI is InChI=1S/C17H19ClFNO4/c1-3-23-16(21)14(18)15(17(22)24-4-2)20(13-9-10-13)12-7-5-11(19)6-8-12/h5-8,13H,3-4,9-10H2,1-2H3. The second-order valence-corrected chi connectivity index (χ2v) is 5.56. The summed E-state index contributed by atoms with van der Waals surface area (Å²) in [6.45, 7) is 3.57. The summed E-state index contributed by atoms with van der Waals surface area (Å²) >= 11 is 6.14. The minimum atomic E-state index is -0.796. The van der Waals surface area contributed by atoms with E-state index in [0.29, 0.717) is 5.69 Å². The van der Waals surface area contributed by atoms with Gasteiger partial charge in [-0.2, -0.15) is 0 Å². The minimum Gasteiger partial charge on any atom is -0.462 e. The van der Waals surface area contributed by atoms with E-state index in [-0.39, 0.29) is 30.0 Å². The molecule has 0 bridgehead atoms. The van der Waals surface area contributed by atoms with Crippen molar-refractivity contribution in [3.8, 4) is 0 Å². The Morgan fingerprint density at radius 3 is 2.17 bits per heavy atom. The van der Waals surface area contributed by atoms with Gasteiger partial charge in [0.2, 0.25) is 0 Å². The van der Waals surface area contributed by atoms with Gasteiger partial charge in [-0.15, -0.1) is 0 Å². The van der Waals surface area contributed by atoms with E-state index in [1.807, 2.05) is 0 Å². The number of anilines is 1. The molecule has 0 amide bonds. The molecule has 1 aromatic carbocycles. The van der Waals surface area contributed by atoms with Crippen molar-refractivity contribution < 1.29 is 23.5 Å². The third-order valence-corrected chi connectivity index (χ3v) is 3.72. The summed E-state index contributed by atoms with van der Waals surface area (Å²) in [5.41, 5.74) is 0.482. The molecule has 0 heterocycles. The number of hydrogen-bond acceptors (Lipinski definition) is 5. The lowest BCUT2D eigenvalue weighted by Crippen LogP contribution is -2.33. The lowest BCUT2D eigenvalue weighted by atomic mass is 10.2. The highest BCUT2D eigenvalue weighted by Crippen LogP contribution is 2.37. The van der Waals surface area contributed by atoms with Gasteiger partial charge in [0.25, 0.3) is 0 Å². The van der Waals surface area contributed by atoms with E-state index in [1.165, 1.54) is 24.3 Å². The summed E-state index contributed by atoms with van der Waals surface area (Å²) in [6.07, 6.45) is 1.65. The first-order chi connectivity index (χ1) is 11.5. The van der Waals surface area contributed by atoms with Crippen LogP contribution < -0.4 is 4.90 Å². The molecule has 0 aliphatic heterocycles. The molecule has 5 nitrogen and oxygen atoms in total. The number of benzene rings is 1. The average Bonchev–Trinajstić information content (AvgIpc) is 3.38. The second kappa shape index (κ2) is 8.15. The zero-order chi connectivity index (χ0) is 17.7. The Morgan fingerprint density at radius 1 is 1.12 bits per heavy atom. The molecule has 1 aromatic rings. The molecular weight excluding hydrogens is 337 g/mol. The minimum absolute atomic E-state index is 0.00181. The van der Waals surface area contributed by atoms with E-state index in [4.69, 9.17) is 21.1 Å². The zero-order valence-electron chi connectivity index (χ0n) is 13.6. The van der Waals surface area contributed by atoms with Crippen LogP contribution in [0.25, 0.3) is 0 Å². The number of carbonyl (C=O) groups is 2. The van der Waals surface area contributed by atoms with Crippen LogP contribution in [0.3, 0.4) is 0 Å². The molecule has 130 valence electrons. The molecule has 0 aromatic heterocycles. The van der Waals surface area contributed by atoms with Crippen LogP contribution in [0.5, 0.6) is 0 Å². The van der Waals surface area contributed by atoms with E-state index in [0.717, 1.165) is 12.8 Å². The van der Waals surface area contributed by atoms with Gasteiger partial charge in [0.15, 0.2) is 10.7 Å². The molecular formula is C17H19ClFNO4. The van der Waals surface area contributed by atoms with Crippen LogP contribution in [0.2, 0.25) is 0 Å². The molecule has 1 fully saturated rings. The summed E-state index contributed by atoms with van der Waals surface area (Å²) in [5, 5.41) is -0.341. The Hall–Kier alpha value is -2.08. The lowest BCUT2D eigenvalue weighted by molar-refractivity contribution is -0.141. The second-order valence-electron chi connectivity index (χ2n) is 5.18. The van der Waals surface area contributed by atoms with E-state index in [9.17, 15) is 14.0 Å². The molecule has 2 rings (SSSR count). The average molecular weight is 356 g/mol. The van der Waals surface area contributed by atoms with Gasteiger partial charge >= 0.3 is 11.9 Å². The number of esters is 2. The molecule has 1 aliphatic rings. The third kappa shape index (κ3) is 4.26. The van der Waals surface area contributed by atoms with Crippen molar-refractivity contribution in [2.45, 2.75) is 32.7 Å². The summed E-state index contributed by atoms with van der Waals surface area (Å²) in [7, 11) is 0. The highest BCUT2D eigenvalue weighted by atomic mass is 35.5. The van der Waals surface area contributed by atoms with E-state index >= 15 is 0 Å². The van der Waals surface area contributed by atoms with Gasteiger partial charge in [-0.1, -0.05) is 11.6 Å². The number of carbonyl (C=O) groups excluding carboxylic acids is 2. The fraction of sp³-hybridized carbons (Fsp3) is 0.412. The Bertz CT molecular complexity index is 640. The van der Waals surface area contributed by atoms with Gasteiger partial charge < -0.3 is 14.4 Å². The third-order valence-electron chi connectivity index (χ3n) is 3.39. The topological polar surface area (TPSA) is 55.8 Å². The predicted octanol–water partition coefficient (Wildman–Crippen LogP) is 3.37. The Kier molecular flexibility index (Phi) is 6.20. The summed E-state index contributed by atoms with van der Waals surface area (Å²) in [5.74, 6) is -1.91. The van der Waals surface area contributed by atoms with Crippen LogP contribution >= 0.6 is 11.6 Å². The van der Waals surface area contributed by atoms with Gasteiger partial charge in [-0.3, -0.25) is 0 Å². The summed E-state index contributed by atoms with van der Waals surface area (Å²) in [4.78, 5) is 26.1. The Morgan fingerprint density at radius 2 is 1.67 bits per heavy atom. The van der Waals surface area contributed by atoms with Crippen molar-refractivity contribution in [3.63, 3.8) is 0 Å². The molecule has 1 saturated carbocycles. The van der Waals surface area contributed by atoms with Crippen LogP contribution in [0.4, 0.5) is 10.1 Å². The van der Waals surface area contributed by atoms with Crippen LogP contribution in [0.15, 0.2) is 35.0 Å². The van der Waals surface area contributed by atoms with Crippen LogP contribution in [-0.4, -0.2) is 31.2 Å². The highest BCUT2D eigenvalue weighted by molar-refractivity contribution is 6.43.